The molecule has 3 heteroatoms. The first-order chi connectivity index (χ1) is 3.81. The Bertz CT molecular complexity index is 124. The molecule has 0 aromatic carbocycles. The van der Waals surface area contributed by atoms with Gasteiger partial charge in [0.25, 0.3) is 0 Å². The molecular weight excluding hydrogens is 102 g/mol. The summed E-state index contributed by atoms with van der Waals surface area (Å²) in [6.07, 6.45) is 2.83. The van der Waals surface area contributed by atoms with Gasteiger partial charge in [0.05, 0.1) is 0 Å². The van der Waals surface area contributed by atoms with Crippen molar-refractivity contribution < 1.29 is 0 Å². The third kappa shape index (κ3) is 3.08. The summed E-state index contributed by atoms with van der Waals surface area (Å²) in [6.45, 7) is 3.40. The van der Waals surface area contributed by atoms with Crippen LogP contribution in [0.1, 0.15) is 0 Å². The van der Waals surface area contributed by atoms with Gasteiger partial charge in [0, 0.05) is 7.05 Å². The summed E-state index contributed by atoms with van der Waals surface area (Å²) in [5.74, 6) is 0.385. The molecule has 0 saturated heterocycles. The number of nitrogens with two attached hydrogens (primary N) is 1. The van der Waals surface area contributed by atoms with Crippen LogP contribution in [-0.4, -0.2) is 19.2 Å². The summed E-state index contributed by atoms with van der Waals surface area (Å²) < 4.78 is 0. The van der Waals surface area contributed by atoms with Gasteiger partial charge in [-0.05, 0) is 6.08 Å². The predicted octanol–water partition coefficient (Wildman–Crippen LogP) is 0.188. The second-order valence-electron chi connectivity index (χ2n) is 1.13. The number of amidine groups is 1. The fourth-order valence-electron chi connectivity index (χ4n) is 0.177. The van der Waals surface area contributed by atoms with Crippen molar-refractivity contribution in [3.63, 3.8) is 0 Å². The van der Waals surface area contributed by atoms with Crippen LogP contribution in [0.4, 0.5) is 0 Å². The number of aliphatic imine (C=N–C) groups is 2. The molecule has 0 rings (SSSR count). The molecule has 8 heavy (non-hydrogen) atoms. The molecule has 0 unspecified atom stereocenters. The lowest BCUT2D eigenvalue weighted by Crippen LogP contribution is -2.06. The van der Waals surface area contributed by atoms with E-state index in [1.807, 2.05) is 0 Å². The molecule has 3 nitrogen and oxygen atoms in total. The molecule has 0 aromatic heterocycles. The van der Waals surface area contributed by atoms with E-state index in [-0.39, 0.29) is 0 Å². The summed E-state index contributed by atoms with van der Waals surface area (Å²) in [7, 11) is 1.62. The van der Waals surface area contributed by atoms with Gasteiger partial charge in [-0.15, -0.1) is 0 Å². The van der Waals surface area contributed by atoms with E-state index in [0.29, 0.717) is 5.84 Å². The van der Waals surface area contributed by atoms with Crippen molar-refractivity contribution in [2.75, 3.05) is 7.05 Å². The van der Waals surface area contributed by atoms with Crippen molar-refractivity contribution in [2.24, 2.45) is 15.7 Å². The number of hydrogen-bond donors (Lipinski definition) is 1. The van der Waals surface area contributed by atoms with Gasteiger partial charge in [0.1, 0.15) is 12.2 Å². The van der Waals surface area contributed by atoms with Crippen molar-refractivity contribution in [1.82, 2.24) is 0 Å². The maximum absolute atomic E-state index is 5.20. The summed E-state index contributed by atoms with van der Waals surface area (Å²) in [4.78, 5) is 7.23. The quantitative estimate of drug-likeness (QED) is 0.401. The van der Waals surface area contributed by atoms with Gasteiger partial charge in [0.2, 0.25) is 0 Å². The number of hydrogen-bond acceptors (Lipinski definition) is 1. The number of rotatable bonds is 2. The Morgan fingerprint density at radius 1 is 1.75 bits per heavy atom. The largest absolute Gasteiger partial charge is 0.384 e. The van der Waals surface area contributed by atoms with Crippen molar-refractivity contribution in [3.8, 4) is 0 Å². The Labute approximate surface area is 48.6 Å². The van der Waals surface area contributed by atoms with Crippen molar-refractivity contribution in [1.29, 1.82) is 0 Å². The highest BCUT2D eigenvalue weighted by Gasteiger charge is 1.72. The SMILES string of the molecule is C=C/C(N)=N\C=N/C. The summed E-state index contributed by atoms with van der Waals surface area (Å²) in [6, 6.07) is 0. The Hall–Kier alpha value is -1.12. The average Bonchev–Trinajstić information content (AvgIpc) is 1.83. The standard InChI is InChI=1S/C5H9N3/c1-3-5(6)8-4-7-2/h3-4H,1H2,2H3,(H2,6,7,8). The van der Waals surface area contributed by atoms with Crippen LogP contribution < -0.4 is 5.73 Å². The molecule has 0 saturated carbocycles. The second kappa shape index (κ2) is 4.05. The lowest BCUT2D eigenvalue weighted by Gasteiger charge is -1.81. The van der Waals surface area contributed by atoms with Gasteiger partial charge in [-0.1, -0.05) is 6.58 Å². The van der Waals surface area contributed by atoms with Gasteiger partial charge >= 0.3 is 0 Å². The van der Waals surface area contributed by atoms with Crippen LogP contribution in [0.3, 0.4) is 0 Å². The minimum atomic E-state index is 0.385. The Morgan fingerprint density at radius 3 is 2.75 bits per heavy atom. The normalized spacial score (nSPS) is 12.4. The van der Waals surface area contributed by atoms with Crippen LogP contribution in [-0.2, 0) is 0 Å². The van der Waals surface area contributed by atoms with Gasteiger partial charge in [-0.2, -0.15) is 0 Å². The molecule has 0 amide bonds. The second-order valence-corrected chi connectivity index (χ2v) is 1.13. The molecule has 0 aliphatic heterocycles. The van der Waals surface area contributed by atoms with E-state index >= 15 is 0 Å². The summed E-state index contributed by atoms with van der Waals surface area (Å²) in [5, 5.41) is 0. The van der Waals surface area contributed by atoms with Gasteiger partial charge < -0.3 is 5.73 Å². The molecule has 0 atom stereocenters. The molecular formula is C5H9N3. The van der Waals surface area contributed by atoms with Crippen LogP contribution in [0.25, 0.3) is 0 Å². The molecule has 0 radical (unpaired) electrons. The van der Waals surface area contributed by atoms with Crippen molar-refractivity contribution >= 4 is 12.2 Å². The van der Waals surface area contributed by atoms with Gasteiger partial charge in [-0.3, -0.25) is 4.99 Å². The van der Waals surface area contributed by atoms with E-state index in [4.69, 9.17) is 5.73 Å². The predicted molar refractivity (Wildman–Crippen MR) is 36.2 cm³/mol. The molecule has 2 N–H and O–H groups in total. The first-order valence-electron chi connectivity index (χ1n) is 2.17. The first-order valence-corrected chi connectivity index (χ1v) is 2.17. The highest BCUT2D eigenvalue weighted by Crippen LogP contribution is 1.65. The first kappa shape index (κ1) is 6.88. The molecule has 0 aromatic rings. The van der Waals surface area contributed by atoms with E-state index < -0.39 is 0 Å². The van der Waals surface area contributed by atoms with E-state index in [1.54, 1.807) is 7.05 Å². The van der Waals surface area contributed by atoms with E-state index in [2.05, 4.69) is 16.6 Å². The number of nitrogens with zero attached hydrogens (tertiary/aromatic N) is 2. The Balaban J connectivity index is 3.74. The van der Waals surface area contributed by atoms with Crippen LogP contribution in [0.2, 0.25) is 0 Å². The molecule has 0 fully saturated rings. The average molecular weight is 111 g/mol. The molecule has 0 spiro atoms. The lowest BCUT2D eigenvalue weighted by molar-refractivity contribution is 1.44. The van der Waals surface area contributed by atoms with Crippen molar-refractivity contribution in [3.05, 3.63) is 12.7 Å². The zero-order valence-corrected chi connectivity index (χ0v) is 4.83. The third-order valence-corrected chi connectivity index (χ3v) is 0.531. The summed E-state index contributed by atoms with van der Waals surface area (Å²) >= 11 is 0. The fourth-order valence-corrected chi connectivity index (χ4v) is 0.177. The highest BCUT2D eigenvalue weighted by atomic mass is 14.9. The Morgan fingerprint density at radius 2 is 2.38 bits per heavy atom. The molecule has 0 bridgehead atoms. The van der Waals surface area contributed by atoms with Gasteiger partial charge in [0.15, 0.2) is 0 Å². The van der Waals surface area contributed by atoms with E-state index in [0.717, 1.165) is 0 Å². The zero-order chi connectivity index (χ0) is 6.41. The lowest BCUT2D eigenvalue weighted by atomic mass is 10.6. The maximum atomic E-state index is 5.20. The maximum Gasteiger partial charge on any atom is 0.124 e. The van der Waals surface area contributed by atoms with Gasteiger partial charge in [-0.25, -0.2) is 4.99 Å². The zero-order valence-electron chi connectivity index (χ0n) is 4.83. The fraction of sp³-hybridized carbons (Fsp3) is 0.200. The van der Waals surface area contributed by atoms with Crippen LogP contribution in [0, 0.1) is 0 Å². The highest BCUT2D eigenvalue weighted by molar-refractivity contribution is 5.95. The van der Waals surface area contributed by atoms with Crippen LogP contribution in [0.15, 0.2) is 22.6 Å². The minimum absolute atomic E-state index is 0.385. The molecule has 0 aliphatic rings. The van der Waals surface area contributed by atoms with E-state index in [1.165, 1.54) is 12.4 Å². The van der Waals surface area contributed by atoms with Crippen molar-refractivity contribution in [2.45, 2.75) is 0 Å². The van der Waals surface area contributed by atoms with Crippen LogP contribution >= 0.6 is 0 Å². The summed E-state index contributed by atoms with van der Waals surface area (Å²) in [5.41, 5.74) is 5.20. The Kier molecular flexibility index (Phi) is 3.48. The topological polar surface area (TPSA) is 50.7 Å². The molecule has 0 heterocycles. The minimum Gasteiger partial charge on any atom is -0.384 e. The molecule has 0 aliphatic carbocycles. The molecule has 44 valence electrons. The third-order valence-electron chi connectivity index (χ3n) is 0.531. The van der Waals surface area contributed by atoms with Crippen LogP contribution in [0.5, 0.6) is 0 Å². The monoisotopic (exact) mass is 111 g/mol. The van der Waals surface area contributed by atoms with E-state index in [9.17, 15) is 0 Å². The smallest absolute Gasteiger partial charge is 0.124 e.